The van der Waals surface area contributed by atoms with Crippen LogP contribution in [-0.2, 0) is 9.47 Å². The second kappa shape index (κ2) is 13.0. The molecule has 2 N–H and O–H groups in total. The van der Waals surface area contributed by atoms with Crippen LogP contribution < -0.4 is 0 Å². The van der Waals surface area contributed by atoms with E-state index in [-0.39, 0.29) is 24.3 Å². The molecule has 0 radical (unpaired) electrons. The van der Waals surface area contributed by atoms with E-state index in [2.05, 4.69) is 75.6 Å². The highest BCUT2D eigenvalue weighted by Gasteiger charge is 2.36. The quantitative estimate of drug-likeness (QED) is 0.192. The van der Waals surface area contributed by atoms with Crippen LogP contribution >= 0.6 is 0 Å². The molecule has 0 aliphatic carbocycles. The van der Waals surface area contributed by atoms with Gasteiger partial charge < -0.3 is 19.4 Å². The summed E-state index contributed by atoms with van der Waals surface area (Å²) in [5.41, 5.74) is 7.14. The van der Waals surface area contributed by atoms with Crippen molar-refractivity contribution in [2.45, 2.75) is 90.5 Å². The van der Waals surface area contributed by atoms with E-state index in [0.29, 0.717) is 13.1 Å². The highest BCUT2D eigenvalue weighted by molar-refractivity contribution is 5.83. The molecule has 50 heavy (non-hydrogen) atoms. The summed E-state index contributed by atoms with van der Waals surface area (Å²) < 4.78 is 11.3. The van der Waals surface area contributed by atoms with Crippen molar-refractivity contribution >= 4 is 23.2 Å². The third-order valence-corrected chi connectivity index (χ3v) is 9.24. The van der Waals surface area contributed by atoms with Crippen molar-refractivity contribution in [1.82, 2.24) is 29.7 Å². The van der Waals surface area contributed by atoms with Gasteiger partial charge in [-0.2, -0.15) is 0 Å². The lowest BCUT2D eigenvalue weighted by Gasteiger charge is -2.27. The highest BCUT2D eigenvalue weighted by atomic mass is 16.6. The molecule has 2 fully saturated rings. The predicted molar refractivity (Wildman–Crippen MR) is 194 cm³/mol. The number of aromatic amines is 2. The molecule has 2 atom stereocenters. The number of benzene rings is 3. The fourth-order valence-corrected chi connectivity index (χ4v) is 6.90. The summed E-state index contributed by atoms with van der Waals surface area (Å²) in [6.45, 7) is 12.7. The molecule has 2 aliphatic heterocycles. The molecule has 260 valence electrons. The predicted octanol–water partition coefficient (Wildman–Crippen LogP) is 9.43. The summed E-state index contributed by atoms with van der Waals surface area (Å²) in [7, 11) is 0. The average molecular weight is 675 g/mol. The van der Waals surface area contributed by atoms with Crippen LogP contribution in [0.1, 0.15) is 91.0 Å². The monoisotopic (exact) mass is 674 g/mol. The number of hydrogen-bond acceptors (Lipinski definition) is 6. The zero-order valence-electron chi connectivity index (χ0n) is 29.7. The number of H-pyrrole nitrogens is 2. The standard InChI is InChI=1S/C40H46N6O4/c1-39(2,3)49-37(47)45-21-7-9-33(45)35-41-24-32(44-35)28-17-15-26(16-18-28)25-11-13-27(14-12-25)29-19-20-30-31(23-29)43-36(42-30)34-10-8-22-46(34)38(48)50-40(4,5)6/h11-20,23-24,33-34H,7-10,21-22H2,1-6H3,(H,41,44)(H,42,43)/t33-,34-/m0/s1. The van der Waals surface area contributed by atoms with Crippen molar-refractivity contribution in [3.05, 3.63) is 84.6 Å². The van der Waals surface area contributed by atoms with Crippen molar-refractivity contribution in [2.75, 3.05) is 13.1 Å². The van der Waals surface area contributed by atoms with Gasteiger partial charge in [0.05, 0.1) is 35.0 Å². The molecule has 2 amide bonds. The SMILES string of the molecule is CC(C)(C)OC(=O)N1CCC[C@H]1c1ncc(-c2ccc(-c3ccc(-c4ccc5nc([C@@H]6CCCN6C(=O)OC(C)(C)C)[nH]c5c4)cc3)cc2)[nH]1. The molecule has 2 aliphatic rings. The average Bonchev–Trinajstić information content (AvgIpc) is 3.88. The molecule has 0 bridgehead atoms. The zero-order valence-corrected chi connectivity index (χ0v) is 29.7. The fourth-order valence-electron chi connectivity index (χ4n) is 6.90. The van der Waals surface area contributed by atoms with Crippen LogP contribution in [0.15, 0.2) is 72.9 Å². The van der Waals surface area contributed by atoms with Crippen molar-refractivity contribution in [3.63, 3.8) is 0 Å². The van der Waals surface area contributed by atoms with Gasteiger partial charge in [-0.15, -0.1) is 0 Å². The van der Waals surface area contributed by atoms with Gasteiger partial charge in [0.2, 0.25) is 0 Å². The number of rotatable bonds is 5. The number of nitrogens with one attached hydrogen (secondary N) is 2. The normalized spacial score (nSPS) is 18.2. The van der Waals surface area contributed by atoms with Crippen molar-refractivity contribution in [1.29, 1.82) is 0 Å². The van der Waals surface area contributed by atoms with E-state index in [4.69, 9.17) is 14.5 Å². The van der Waals surface area contributed by atoms with Crippen LogP contribution in [0.4, 0.5) is 9.59 Å². The first kappa shape index (κ1) is 33.4. The lowest BCUT2D eigenvalue weighted by molar-refractivity contribution is 0.0208. The number of carbonyl (C=O) groups is 2. The molecule has 2 aromatic heterocycles. The maximum atomic E-state index is 12.9. The summed E-state index contributed by atoms with van der Waals surface area (Å²) >= 11 is 0. The third kappa shape index (κ3) is 7.11. The number of fused-ring (bicyclic) bond motifs is 1. The molecule has 0 saturated carbocycles. The Labute approximate surface area is 293 Å². The molecule has 3 aromatic carbocycles. The molecule has 2 saturated heterocycles. The topological polar surface area (TPSA) is 116 Å². The second-order valence-corrected chi connectivity index (χ2v) is 15.4. The van der Waals surface area contributed by atoms with E-state index in [9.17, 15) is 9.59 Å². The lowest BCUT2D eigenvalue weighted by atomic mass is 9.99. The molecule has 7 rings (SSSR count). The number of aromatic nitrogens is 4. The van der Waals surface area contributed by atoms with Gasteiger partial charge >= 0.3 is 12.2 Å². The first-order chi connectivity index (χ1) is 23.8. The summed E-state index contributed by atoms with van der Waals surface area (Å²) in [5.74, 6) is 1.58. The Morgan fingerprint density at radius 3 is 1.68 bits per heavy atom. The minimum Gasteiger partial charge on any atom is -0.444 e. The number of ether oxygens (including phenoxy) is 2. The molecular formula is C40H46N6O4. The van der Waals surface area contributed by atoms with E-state index in [1.54, 1.807) is 9.80 Å². The number of hydrogen-bond donors (Lipinski definition) is 2. The smallest absolute Gasteiger partial charge is 0.410 e. The zero-order chi connectivity index (χ0) is 35.2. The van der Waals surface area contributed by atoms with Gasteiger partial charge in [0.25, 0.3) is 0 Å². The van der Waals surface area contributed by atoms with Gasteiger partial charge in [-0.3, -0.25) is 9.80 Å². The molecule has 10 heteroatoms. The van der Waals surface area contributed by atoms with Crippen LogP contribution in [0.5, 0.6) is 0 Å². The molecular weight excluding hydrogens is 628 g/mol. The number of carbonyl (C=O) groups excluding carboxylic acids is 2. The Bertz CT molecular complexity index is 2000. The van der Waals surface area contributed by atoms with Crippen LogP contribution in [0.2, 0.25) is 0 Å². The fraction of sp³-hybridized carbons (Fsp3) is 0.400. The van der Waals surface area contributed by atoms with Crippen LogP contribution in [0.3, 0.4) is 0 Å². The lowest BCUT2D eigenvalue weighted by Crippen LogP contribution is -2.36. The van der Waals surface area contributed by atoms with E-state index >= 15 is 0 Å². The maximum absolute atomic E-state index is 12.9. The molecule has 5 aromatic rings. The van der Waals surface area contributed by atoms with E-state index in [1.165, 1.54) is 0 Å². The van der Waals surface area contributed by atoms with Gasteiger partial charge in [0.1, 0.15) is 22.9 Å². The number of imidazole rings is 2. The minimum absolute atomic E-state index is 0.116. The first-order valence-corrected chi connectivity index (χ1v) is 17.6. The third-order valence-electron chi connectivity index (χ3n) is 9.24. The van der Waals surface area contributed by atoms with Crippen LogP contribution in [-0.4, -0.2) is 66.2 Å². The Morgan fingerprint density at radius 2 is 1.14 bits per heavy atom. The first-order valence-electron chi connectivity index (χ1n) is 17.6. The van der Waals surface area contributed by atoms with Gasteiger partial charge in [-0.1, -0.05) is 54.6 Å². The van der Waals surface area contributed by atoms with Gasteiger partial charge in [0.15, 0.2) is 0 Å². The van der Waals surface area contributed by atoms with Gasteiger partial charge in [-0.05, 0) is 107 Å². The minimum atomic E-state index is -0.540. The Hall–Kier alpha value is -5.12. The van der Waals surface area contributed by atoms with Gasteiger partial charge in [-0.25, -0.2) is 19.6 Å². The summed E-state index contributed by atoms with van der Waals surface area (Å²) in [5, 5.41) is 0. The Kier molecular flexibility index (Phi) is 8.66. The summed E-state index contributed by atoms with van der Waals surface area (Å²) in [6, 6.07) is 23.0. The second-order valence-electron chi connectivity index (χ2n) is 15.4. The molecule has 10 nitrogen and oxygen atoms in total. The molecule has 4 heterocycles. The van der Waals surface area contributed by atoms with E-state index in [1.807, 2.05) is 53.8 Å². The number of nitrogens with zero attached hydrogens (tertiary/aromatic N) is 4. The van der Waals surface area contributed by atoms with Crippen molar-refractivity contribution in [2.24, 2.45) is 0 Å². The molecule has 0 spiro atoms. The Morgan fingerprint density at radius 1 is 0.660 bits per heavy atom. The maximum Gasteiger partial charge on any atom is 0.410 e. The summed E-state index contributed by atoms with van der Waals surface area (Å²) in [4.78, 5) is 45.7. The number of amides is 2. The Balaban J connectivity index is 1.03. The van der Waals surface area contributed by atoms with Crippen LogP contribution in [0.25, 0.3) is 44.5 Å². The van der Waals surface area contributed by atoms with Crippen molar-refractivity contribution in [3.8, 4) is 33.5 Å². The highest BCUT2D eigenvalue weighted by Crippen LogP contribution is 2.35. The molecule has 0 unspecified atom stereocenters. The summed E-state index contributed by atoms with van der Waals surface area (Å²) in [6.07, 6.45) is 4.80. The van der Waals surface area contributed by atoms with Crippen molar-refractivity contribution < 1.29 is 19.1 Å². The van der Waals surface area contributed by atoms with Gasteiger partial charge in [0, 0.05) is 13.1 Å². The number of likely N-dealkylation sites (tertiary alicyclic amines) is 2. The largest absolute Gasteiger partial charge is 0.444 e. The van der Waals surface area contributed by atoms with Crippen LogP contribution in [0, 0.1) is 0 Å². The van der Waals surface area contributed by atoms with E-state index in [0.717, 1.165) is 81.9 Å². The van der Waals surface area contributed by atoms with E-state index < -0.39 is 11.2 Å².